The van der Waals surface area contributed by atoms with Crippen molar-refractivity contribution in [2.45, 2.75) is 78.4 Å². The second-order valence-corrected chi connectivity index (χ2v) is 9.57. The van der Waals surface area contributed by atoms with Crippen molar-refractivity contribution in [3.05, 3.63) is 0 Å². The Morgan fingerprint density at radius 1 is 1.23 bits per heavy atom. The minimum Gasteiger partial charge on any atom is -0.396 e. The number of carbonyl (C=O) groups excluding carboxylic acids is 2. The molecule has 2 aliphatic rings. The van der Waals surface area contributed by atoms with Gasteiger partial charge in [0.2, 0.25) is 0 Å². The first-order valence-electron chi connectivity index (χ1n) is 9.97. The lowest BCUT2D eigenvalue weighted by molar-refractivity contribution is -0.205. The van der Waals surface area contributed by atoms with E-state index >= 15 is 0 Å². The van der Waals surface area contributed by atoms with Gasteiger partial charge >= 0.3 is 0 Å². The molecule has 2 saturated carbocycles. The molecule has 0 heterocycles. The molecule has 0 aromatic carbocycles. The summed E-state index contributed by atoms with van der Waals surface area (Å²) in [5, 5.41) is 31.4. The summed E-state index contributed by atoms with van der Waals surface area (Å²) in [6.07, 6.45) is 1.57. The van der Waals surface area contributed by atoms with Crippen molar-refractivity contribution in [3.63, 3.8) is 0 Å². The normalized spacial score (nSPS) is 47.3. The van der Waals surface area contributed by atoms with Gasteiger partial charge in [-0.3, -0.25) is 9.59 Å². The maximum absolute atomic E-state index is 13.3. The fourth-order valence-corrected chi connectivity index (χ4v) is 6.60. The molecule has 8 atom stereocenters. The summed E-state index contributed by atoms with van der Waals surface area (Å²) >= 11 is 0. The summed E-state index contributed by atoms with van der Waals surface area (Å²) in [5.41, 5.74) is -3.50. The van der Waals surface area contributed by atoms with Crippen molar-refractivity contribution in [2.75, 3.05) is 6.61 Å². The molecule has 0 aliphatic heterocycles. The summed E-state index contributed by atoms with van der Waals surface area (Å²) in [5.74, 6) is -1.64. The van der Waals surface area contributed by atoms with Gasteiger partial charge in [-0.2, -0.15) is 0 Å². The lowest BCUT2D eigenvalue weighted by Gasteiger charge is -2.61. The van der Waals surface area contributed by atoms with E-state index in [1.54, 1.807) is 13.8 Å². The van der Waals surface area contributed by atoms with Gasteiger partial charge in [0.05, 0.1) is 5.60 Å². The van der Waals surface area contributed by atoms with Crippen LogP contribution >= 0.6 is 0 Å². The average molecular weight is 369 g/mol. The van der Waals surface area contributed by atoms with E-state index in [1.807, 2.05) is 27.7 Å². The Kier molecular flexibility index (Phi) is 5.79. The van der Waals surface area contributed by atoms with Gasteiger partial charge in [0.25, 0.3) is 0 Å². The van der Waals surface area contributed by atoms with Crippen LogP contribution < -0.4 is 0 Å². The lowest BCUT2D eigenvalue weighted by atomic mass is 9.42. The van der Waals surface area contributed by atoms with Gasteiger partial charge in [0, 0.05) is 30.3 Å². The standard InChI is InChI=1S/C21H36O5/c1-7-12(2)17-20(5,15(23)8-9-22)16-13(3)10-19(4,25)11-14(16)18(24)21(17,6)26/h12-14,16-17,22,25-26H,7-11H2,1-6H3. The van der Waals surface area contributed by atoms with Gasteiger partial charge in [0.1, 0.15) is 11.4 Å². The maximum atomic E-state index is 13.3. The second-order valence-electron chi connectivity index (χ2n) is 9.57. The largest absolute Gasteiger partial charge is 0.396 e. The van der Waals surface area contributed by atoms with Gasteiger partial charge in [0.15, 0.2) is 5.78 Å². The first kappa shape index (κ1) is 21.5. The third-order valence-corrected chi connectivity index (χ3v) is 7.40. The summed E-state index contributed by atoms with van der Waals surface area (Å²) < 4.78 is 0. The number of fused-ring (bicyclic) bond motifs is 1. The van der Waals surface area contributed by atoms with E-state index in [2.05, 4.69) is 0 Å². The highest BCUT2D eigenvalue weighted by atomic mass is 16.3. The van der Waals surface area contributed by atoms with E-state index in [0.717, 1.165) is 6.42 Å². The zero-order chi connectivity index (χ0) is 20.1. The molecule has 2 aliphatic carbocycles. The highest BCUT2D eigenvalue weighted by Gasteiger charge is 2.67. The van der Waals surface area contributed by atoms with Crippen LogP contribution in [-0.4, -0.2) is 44.7 Å². The molecule has 0 radical (unpaired) electrons. The SMILES string of the molecule is CCC(C)C1C(C)(O)C(=O)C2CC(C)(O)CC(C)C2C1(C)C(=O)CCO. The molecule has 0 aromatic heterocycles. The molecule has 150 valence electrons. The van der Waals surface area contributed by atoms with Crippen LogP contribution in [0.1, 0.15) is 67.2 Å². The number of carbonyl (C=O) groups is 2. The number of hydrogen-bond acceptors (Lipinski definition) is 5. The van der Waals surface area contributed by atoms with Crippen LogP contribution in [-0.2, 0) is 9.59 Å². The van der Waals surface area contributed by atoms with Crippen molar-refractivity contribution in [1.29, 1.82) is 0 Å². The molecular formula is C21H36O5. The Labute approximate surface area is 157 Å². The summed E-state index contributed by atoms with van der Waals surface area (Å²) in [6.45, 7) is 10.9. The quantitative estimate of drug-likeness (QED) is 0.692. The number of ketones is 2. The van der Waals surface area contributed by atoms with Crippen molar-refractivity contribution in [2.24, 2.45) is 35.0 Å². The first-order valence-corrected chi connectivity index (χ1v) is 9.97. The molecule has 5 nitrogen and oxygen atoms in total. The molecule has 0 bridgehead atoms. The highest BCUT2D eigenvalue weighted by molar-refractivity contribution is 5.95. The van der Waals surface area contributed by atoms with E-state index in [-0.39, 0.29) is 48.8 Å². The molecule has 0 aromatic rings. The molecule has 2 rings (SSSR count). The van der Waals surface area contributed by atoms with Crippen LogP contribution in [0.15, 0.2) is 0 Å². The van der Waals surface area contributed by atoms with Crippen molar-refractivity contribution in [1.82, 2.24) is 0 Å². The van der Waals surface area contributed by atoms with Crippen LogP contribution in [0.4, 0.5) is 0 Å². The van der Waals surface area contributed by atoms with Crippen LogP contribution in [0.3, 0.4) is 0 Å². The van der Waals surface area contributed by atoms with Gasteiger partial charge in [-0.25, -0.2) is 0 Å². The van der Waals surface area contributed by atoms with E-state index in [0.29, 0.717) is 6.42 Å². The molecule has 0 saturated heterocycles. The summed E-state index contributed by atoms with van der Waals surface area (Å²) in [4.78, 5) is 26.6. The number of aliphatic hydroxyl groups is 3. The van der Waals surface area contributed by atoms with Crippen molar-refractivity contribution < 1.29 is 24.9 Å². The molecule has 26 heavy (non-hydrogen) atoms. The Bertz CT molecular complexity index is 567. The van der Waals surface area contributed by atoms with Crippen LogP contribution in [0.5, 0.6) is 0 Å². The predicted molar refractivity (Wildman–Crippen MR) is 99.4 cm³/mol. The van der Waals surface area contributed by atoms with Crippen LogP contribution in [0.25, 0.3) is 0 Å². The summed E-state index contributed by atoms with van der Waals surface area (Å²) in [7, 11) is 0. The van der Waals surface area contributed by atoms with Gasteiger partial charge in [-0.15, -0.1) is 0 Å². The molecular weight excluding hydrogens is 332 g/mol. The molecule has 0 spiro atoms. The maximum Gasteiger partial charge on any atom is 0.167 e. The number of rotatable bonds is 5. The van der Waals surface area contributed by atoms with Crippen LogP contribution in [0.2, 0.25) is 0 Å². The zero-order valence-corrected chi connectivity index (χ0v) is 17.1. The highest BCUT2D eigenvalue weighted by Crippen LogP contribution is 2.61. The fourth-order valence-electron chi connectivity index (χ4n) is 6.60. The monoisotopic (exact) mass is 368 g/mol. The Morgan fingerprint density at radius 2 is 1.81 bits per heavy atom. The molecule has 5 heteroatoms. The number of Topliss-reactive ketones (excluding diaryl/α,β-unsaturated/α-hetero) is 2. The topological polar surface area (TPSA) is 94.8 Å². The van der Waals surface area contributed by atoms with E-state index in [4.69, 9.17) is 0 Å². The average Bonchev–Trinajstić information content (AvgIpc) is 2.50. The van der Waals surface area contributed by atoms with E-state index in [1.165, 1.54) is 0 Å². The fraction of sp³-hybridized carbons (Fsp3) is 0.905. The molecule has 2 fully saturated rings. The summed E-state index contributed by atoms with van der Waals surface area (Å²) in [6, 6.07) is 0. The third-order valence-electron chi connectivity index (χ3n) is 7.40. The molecule has 3 N–H and O–H groups in total. The van der Waals surface area contributed by atoms with Crippen LogP contribution in [0, 0.1) is 35.0 Å². The first-order chi connectivity index (χ1) is 11.8. The second kappa shape index (κ2) is 6.99. The van der Waals surface area contributed by atoms with E-state index in [9.17, 15) is 24.9 Å². The smallest absolute Gasteiger partial charge is 0.167 e. The van der Waals surface area contributed by atoms with Crippen molar-refractivity contribution >= 4 is 11.6 Å². The Hall–Kier alpha value is -0.780. The predicted octanol–water partition coefficient (Wildman–Crippen LogP) is 2.35. The van der Waals surface area contributed by atoms with Gasteiger partial charge < -0.3 is 15.3 Å². The van der Waals surface area contributed by atoms with Gasteiger partial charge in [-0.05, 0) is 44.4 Å². The van der Waals surface area contributed by atoms with Crippen molar-refractivity contribution in [3.8, 4) is 0 Å². The van der Waals surface area contributed by atoms with Gasteiger partial charge in [-0.1, -0.05) is 34.1 Å². The molecule has 8 unspecified atom stereocenters. The minimum absolute atomic E-state index is 0.0165. The minimum atomic E-state index is -1.62. The zero-order valence-electron chi connectivity index (χ0n) is 17.1. The number of hydrogen-bond donors (Lipinski definition) is 3. The molecule has 0 amide bonds. The Balaban J connectivity index is 2.67. The third kappa shape index (κ3) is 3.16. The number of aliphatic hydroxyl groups excluding tert-OH is 1. The Morgan fingerprint density at radius 3 is 2.31 bits per heavy atom. The lowest BCUT2D eigenvalue weighted by Crippen LogP contribution is -2.69. The van der Waals surface area contributed by atoms with E-state index < -0.39 is 28.5 Å².